The second kappa shape index (κ2) is 9.19. The lowest BCUT2D eigenvalue weighted by Crippen LogP contribution is -2.42. The molecule has 3 rings (SSSR count). The smallest absolute Gasteiger partial charge is 0.261 e. The molecule has 0 spiro atoms. The van der Waals surface area contributed by atoms with Gasteiger partial charge in [-0.05, 0) is 49.9 Å². The number of thioether (sulfide) groups is 1. The van der Waals surface area contributed by atoms with Crippen LogP contribution >= 0.6 is 23.1 Å². The number of amides is 2. The van der Waals surface area contributed by atoms with Gasteiger partial charge in [-0.15, -0.1) is 23.1 Å². The number of aromatic nitrogens is 1. The number of hydrogen-bond donors (Lipinski definition) is 1. The van der Waals surface area contributed by atoms with E-state index in [-0.39, 0.29) is 11.8 Å². The van der Waals surface area contributed by atoms with Gasteiger partial charge < -0.3 is 10.2 Å². The first-order valence-electron chi connectivity index (χ1n) is 8.77. The van der Waals surface area contributed by atoms with Crippen LogP contribution in [0.4, 0.5) is 0 Å². The van der Waals surface area contributed by atoms with Gasteiger partial charge in [0.2, 0.25) is 5.91 Å². The maximum atomic E-state index is 12.4. The number of carbonyl (C=O) groups excluding carboxylic acids is 2. The van der Waals surface area contributed by atoms with Gasteiger partial charge in [-0.1, -0.05) is 0 Å². The van der Waals surface area contributed by atoms with Crippen molar-refractivity contribution in [1.29, 1.82) is 0 Å². The van der Waals surface area contributed by atoms with Crippen LogP contribution in [-0.2, 0) is 4.79 Å². The largest absolute Gasteiger partial charge is 0.351 e. The van der Waals surface area contributed by atoms with E-state index < -0.39 is 0 Å². The summed E-state index contributed by atoms with van der Waals surface area (Å²) in [6.07, 6.45) is 5.36. The van der Waals surface area contributed by atoms with Gasteiger partial charge in [0.25, 0.3) is 5.91 Å². The van der Waals surface area contributed by atoms with Crippen molar-refractivity contribution in [2.75, 3.05) is 25.4 Å². The molecule has 1 aliphatic rings. The lowest BCUT2D eigenvalue weighted by atomic mass is 9.97. The van der Waals surface area contributed by atoms with Gasteiger partial charge in [0, 0.05) is 41.8 Å². The first kappa shape index (κ1) is 18.9. The second-order valence-electron chi connectivity index (χ2n) is 6.42. The van der Waals surface area contributed by atoms with E-state index in [1.54, 1.807) is 24.2 Å². The number of aryl methyl sites for hydroxylation is 1. The quantitative estimate of drug-likeness (QED) is 0.771. The number of hydrogen-bond acceptors (Lipinski definition) is 5. The van der Waals surface area contributed by atoms with Crippen molar-refractivity contribution in [2.45, 2.75) is 24.7 Å². The molecule has 0 aromatic carbocycles. The molecule has 0 unspecified atom stereocenters. The molecule has 26 heavy (non-hydrogen) atoms. The standard InChI is InChI=1S/C19H23N3O2S2/c1-14-2-3-17(26-14)19(24)21-12-15-6-10-22(11-7-15)18(23)13-25-16-4-8-20-9-5-16/h2-5,8-9,15H,6-7,10-13H2,1H3,(H,21,24). The Morgan fingerprint density at radius 3 is 2.62 bits per heavy atom. The van der Waals surface area contributed by atoms with Crippen LogP contribution in [0.25, 0.3) is 0 Å². The molecule has 0 atom stereocenters. The zero-order chi connectivity index (χ0) is 18.4. The van der Waals surface area contributed by atoms with Crippen molar-refractivity contribution in [3.63, 3.8) is 0 Å². The van der Waals surface area contributed by atoms with Crippen LogP contribution in [0, 0.1) is 12.8 Å². The predicted octanol–water partition coefficient (Wildman–Crippen LogP) is 3.21. The molecule has 2 aromatic heterocycles. The molecule has 1 aliphatic heterocycles. The fourth-order valence-electron chi connectivity index (χ4n) is 2.94. The molecule has 0 saturated carbocycles. The van der Waals surface area contributed by atoms with Gasteiger partial charge in [0.1, 0.15) is 0 Å². The van der Waals surface area contributed by atoms with Crippen molar-refractivity contribution >= 4 is 34.9 Å². The third kappa shape index (κ3) is 5.32. The van der Waals surface area contributed by atoms with E-state index >= 15 is 0 Å². The minimum Gasteiger partial charge on any atom is -0.351 e. The van der Waals surface area contributed by atoms with E-state index in [2.05, 4.69) is 10.3 Å². The Morgan fingerprint density at radius 2 is 1.96 bits per heavy atom. The fraction of sp³-hybridized carbons (Fsp3) is 0.421. The van der Waals surface area contributed by atoms with Crippen LogP contribution in [0.5, 0.6) is 0 Å². The molecule has 0 aliphatic carbocycles. The maximum absolute atomic E-state index is 12.4. The Labute approximate surface area is 162 Å². The maximum Gasteiger partial charge on any atom is 0.261 e. The molecular weight excluding hydrogens is 366 g/mol. The van der Waals surface area contributed by atoms with Gasteiger partial charge in [0.05, 0.1) is 10.6 Å². The highest BCUT2D eigenvalue weighted by Gasteiger charge is 2.23. The average molecular weight is 390 g/mol. The Hall–Kier alpha value is -1.86. The molecule has 2 amide bonds. The van der Waals surface area contributed by atoms with Crippen molar-refractivity contribution in [1.82, 2.24) is 15.2 Å². The Morgan fingerprint density at radius 1 is 1.23 bits per heavy atom. The lowest BCUT2D eigenvalue weighted by Gasteiger charge is -2.32. The van der Waals surface area contributed by atoms with Crippen LogP contribution in [0.3, 0.4) is 0 Å². The molecule has 138 valence electrons. The number of piperidine rings is 1. The third-order valence-corrected chi connectivity index (χ3v) is 6.49. The minimum atomic E-state index is 0.00959. The number of carbonyl (C=O) groups is 2. The first-order chi connectivity index (χ1) is 12.6. The zero-order valence-electron chi connectivity index (χ0n) is 14.8. The number of nitrogens with zero attached hydrogens (tertiary/aromatic N) is 2. The first-order valence-corrected chi connectivity index (χ1v) is 10.6. The predicted molar refractivity (Wildman–Crippen MR) is 106 cm³/mol. The van der Waals surface area contributed by atoms with Crippen LogP contribution in [0.15, 0.2) is 41.6 Å². The number of pyridine rings is 1. The SMILES string of the molecule is Cc1ccc(C(=O)NCC2CCN(C(=O)CSc3ccncc3)CC2)s1. The van der Waals surface area contributed by atoms with E-state index in [0.717, 1.165) is 40.6 Å². The van der Waals surface area contributed by atoms with Gasteiger partial charge in [-0.2, -0.15) is 0 Å². The number of thiophene rings is 1. The zero-order valence-corrected chi connectivity index (χ0v) is 16.4. The summed E-state index contributed by atoms with van der Waals surface area (Å²) in [6, 6.07) is 7.68. The Bertz CT molecular complexity index is 740. The molecule has 1 fully saturated rings. The Balaban J connectivity index is 1.37. The van der Waals surface area contributed by atoms with E-state index in [4.69, 9.17) is 0 Å². The molecule has 0 bridgehead atoms. The molecule has 0 radical (unpaired) electrons. The topological polar surface area (TPSA) is 62.3 Å². The molecule has 2 aromatic rings. The lowest BCUT2D eigenvalue weighted by molar-refractivity contribution is -0.129. The normalized spacial score (nSPS) is 15.0. The monoisotopic (exact) mass is 389 g/mol. The van der Waals surface area contributed by atoms with E-state index in [0.29, 0.717) is 18.2 Å². The summed E-state index contributed by atoms with van der Waals surface area (Å²) in [4.78, 5) is 33.4. The Kier molecular flexibility index (Phi) is 6.68. The van der Waals surface area contributed by atoms with Crippen LogP contribution in [0.1, 0.15) is 27.4 Å². The van der Waals surface area contributed by atoms with Gasteiger partial charge >= 0.3 is 0 Å². The van der Waals surface area contributed by atoms with E-state index in [1.807, 2.05) is 36.1 Å². The van der Waals surface area contributed by atoms with Gasteiger partial charge in [-0.3, -0.25) is 14.6 Å². The molecule has 3 heterocycles. The molecular formula is C19H23N3O2S2. The van der Waals surface area contributed by atoms with Crippen molar-refractivity contribution in [3.8, 4) is 0 Å². The molecule has 7 heteroatoms. The van der Waals surface area contributed by atoms with Gasteiger partial charge in [0.15, 0.2) is 0 Å². The number of nitrogens with one attached hydrogen (secondary N) is 1. The average Bonchev–Trinajstić information content (AvgIpc) is 3.12. The number of rotatable bonds is 6. The van der Waals surface area contributed by atoms with Gasteiger partial charge in [-0.25, -0.2) is 0 Å². The summed E-state index contributed by atoms with van der Waals surface area (Å²) >= 11 is 3.07. The number of likely N-dealkylation sites (tertiary alicyclic amines) is 1. The summed E-state index contributed by atoms with van der Waals surface area (Å²) < 4.78 is 0. The van der Waals surface area contributed by atoms with Crippen LogP contribution in [0.2, 0.25) is 0 Å². The van der Waals surface area contributed by atoms with Crippen LogP contribution in [-0.4, -0.2) is 47.1 Å². The fourth-order valence-corrected chi connectivity index (χ4v) is 4.51. The second-order valence-corrected chi connectivity index (χ2v) is 8.75. The summed E-state index contributed by atoms with van der Waals surface area (Å²) in [6.45, 7) is 4.23. The highest BCUT2D eigenvalue weighted by atomic mass is 32.2. The van der Waals surface area contributed by atoms with E-state index in [9.17, 15) is 9.59 Å². The van der Waals surface area contributed by atoms with Crippen molar-refractivity contribution in [2.24, 2.45) is 5.92 Å². The van der Waals surface area contributed by atoms with Crippen molar-refractivity contribution in [3.05, 3.63) is 46.4 Å². The van der Waals surface area contributed by atoms with Crippen molar-refractivity contribution < 1.29 is 9.59 Å². The highest BCUT2D eigenvalue weighted by Crippen LogP contribution is 2.21. The molecule has 1 saturated heterocycles. The summed E-state index contributed by atoms with van der Waals surface area (Å²) in [5.41, 5.74) is 0. The minimum absolute atomic E-state index is 0.00959. The summed E-state index contributed by atoms with van der Waals surface area (Å²) in [5, 5.41) is 3.03. The highest BCUT2D eigenvalue weighted by molar-refractivity contribution is 8.00. The summed E-state index contributed by atoms with van der Waals surface area (Å²) in [7, 11) is 0. The molecule has 5 nitrogen and oxygen atoms in total. The molecule has 1 N–H and O–H groups in total. The van der Waals surface area contributed by atoms with Crippen LogP contribution < -0.4 is 5.32 Å². The third-order valence-electron chi connectivity index (χ3n) is 4.49. The van der Waals surface area contributed by atoms with E-state index in [1.165, 1.54) is 11.3 Å². The summed E-state index contributed by atoms with van der Waals surface area (Å²) in [5.74, 6) is 1.10.